The molecule has 1 fully saturated rings. The Morgan fingerprint density at radius 2 is 1.56 bits per heavy atom. The van der Waals surface area contributed by atoms with Gasteiger partial charge in [0.2, 0.25) is 4.90 Å². The molecule has 1 heterocycles. The zero-order chi connectivity index (χ0) is 22.3. The van der Waals surface area contributed by atoms with Gasteiger partial charge in [-0.25, -0.2) is 0 Å². The van der Waals surface area contributed by atoms with E-state index in [4.69, 9.17) is 0 Å². The Morgan fingerprint density at radius 1 is 0.844 bits per heavy atom. The molecule has 4 heteroatoms. The molecule has 1 aliphatic heterocycles. The lowest BCUT2D eigenvalue weighted by Crippen LogP contribution is -2.33. The van der Waals surface area contributed by atoms with Gasteiger partial charge in [-0.3, -0.25) is 0 Å². The van der Waals surface area contributed by atoms with Gasteiger partial charge in [0.05, 0.1) is 6.54 Å². The smallest absolute Gasteiger partial charge is 0.278 e. The average molecular weight is 450 g/mol. The molecule has 1 atom stereocenters. The fourth-order valence-corrected chi connectivity index (χ4v) is 6.12. The predicted molar refractivity (Wildman–Crippen MR) is 138 cm³/mol. The minimum absolute atomic E-state index is 0.776. The Hall–Kier alpha value is -1.85. The first-order valence-electron chi connectivity index (χ1n) is 12.1. The third-order valence-corrected chi connectivity index (χ3v) is 7.87. The van der Waals surface area contributed by atoms with Gasteiger partial charge in [-0.15, -0.1) is 0 Å². The van der Waals surface area contributed by atoms with Crippen LogP contribution in [0.15, 0.2) is 65.6 Å². The second-order valence-electron chi connectivity index (χ2n) is 9.24. The maximum absolute atomic E-state index is 11.4. The van der Waals surface area contributed by atoms with Crippen LogP contribution >= 0.6 is 0 Å². The Bertz CT molecular complexity index is 995. The van der Waals surface area contributed by atoms with Crippen LogP contribution in [0.4, 0.5) is 0 Å². The van der Waals surface area contributed by atoms with E-state index < -0.39 is 11.4 Å². The van der Waals surface area contributed by atoms with Gasteiger partial charge in [0, 0.05) is 12.6 Å². The SMILES string of the molecule is Cc1cc(C)cc(CN(CCCCN2CCCCC2)[S+](O)c2ccc3ccccc3c2)c1. The van der Waals surface area contributed by atoms with E-state index in [1.807, 2.05) is 0 Å². The molecule has 1 unspecified atom stereocenters. The highest BCUT2D eigenvalue weighted by atomic mass is 32.2. The van der Waals surface area contributed by atoms with Crippen molar-refractivity contribution in [2.75, 3.05) is 26.2 Å². The monoisotopic (exact) mass is 449 g/mol. The van der Waals surface area contributed by atoms with Crippen molar-refractivity contribution in [1.29, 1.82) is 0 Å². The minimum atomic E-state index is -0.929. The number of rotatable bonds is 9. The van der Waals surface area contributed by atoms with Gasteiger partial charge in [0.15, 0.2) is 0 Å². The fourth-order valence-electron chi connectivity index (χ4n) is 4.83. The molecule has 0 bridgehead atoms. The van der Waals surface area contributed by atoms with Crippen LogP contribution in [0.3, 0.4) is 0 Å². The molecule has 0 aromatic heterocycles. The van der Waals surface area contributed by atoms with Crippen molar-refractivity contribution in [2.24, 2.45) is 0 Å². The number of piperidine rings is 1. The molecule has 3 aromatic carbocycles. The van der Waals surface area contributed by atoms with Crippen molar-refractivity contribution in [3.8, 4) is 0 Å². The second kappa shape index (κ2) is 11.3. The fraction of sp³-hybridized carbons (Fsp3) is 0.429. The summed E-state index contributed by atoms with van der Waals surface area (Å²) in [7, 11) is 0. The molecule has 0 amide bonds. The maximum atomic E-state index is 11.4. The van der Waals surface area contributed by atoms with E-state index >= 15 is 0 Å². The summed E-state index contributed by atoms with van der Waals surface area (Å²) in [4.78, 5) is 3.61. The summed E-state index contributed by atoms with van der Waals surface area (Å²) in [6, 6.07) is 21.5. The summed E-state index contributed by atoms with van der Waals surface area (Å²) in [5.74, 6) is 0. The van der Waals surface area contributed by atoms with Gasteiger partial charge in [-0.2, -0.15) is 4.55 Å². The van der Waals surface area contributed by atoms with E-state index in [1.165, 1.54) is 72.8 Å². The molecule has 3 aromatic rings. The predicted octanol–water partition coefficient (Wildman–Crippen LogP) is 6.59. The molecule has 32 heavy (non-hydrogen) atoms. The normalized spacial score (nSPS) is 16.0. The highest BCUT2D eigenvalue weighted by Crippen LogP contribution is 2.24. The first-order valence-corrected chi connectivity index (χ1v) is 13.2. The van der Waals surface area contributed by atoms with Crippen molar-refractivity contribution < 1.29 is 4.55 Å². The third-order valence-electron chi connectivity index (χ3n) is 6.40. The largest absolute Gasteiger partial charge is 0.303 e. The third kappa shape index (κ3) is 6.35. The zero-order valence-electron chi connectivity index (χ0n) is 19.6. The Kier molecular flexibility index (Phi) is 8.26. The van der Waals surface area contributed by atoms with Crippen LogP contribution in [-0.2, 0) is 17.9 Å². The molecule has 3 nitrogen and oxygen atoms in total. The summed E-state index contributed by atoms with van der Waals surface area (Å²) in [5, 5.41) is 2.41. The molecule has 1 saturated heterocycles. The Labute approximate surface area is 196 Å². The molecule has 170 valence electrons. The molecule has 1 aliphatic rings. The molecular weight excluding hydrogens is 412 g/mol. The number of fused-ring (bicyclic) bond motifs is 1. The standard InChI is InChI=1S/C28H37N2OS/c1-23-18-24(2)20-25(19-23)22-30(17-9-8-16-29-14-6-3-7-15-29)32(31)28-13-12-26-10-4-5-11-27(26)21-28/h4-5,10-13,18-21,31H,3,6-9,14-17,22H2,1-2H3/q+1. The molecule has 0 saturated carbocycles. The number of likely N-dealkylation sites (tertiary alicyclic amines) is 1. The van der Waals surface area contributed by atoms with Gasteiger partial charge in [-0.1, -0.05) is 64.3 Å². The van der Waals surface area contributed by atoms with Gasteiger partial charge in [0.25, 0.3) is 11.4 Å². The van der Waals surface area contributed by atoms with Crippen LogP contribution in [0, 0.1) is 13.8 Å². The van der Waals surface area contributed by atoms with E-state index in [0.29, 0.717) is 0 Å². The van der Waals surface area contributed by atoms with E-state index in [0.717, 1.165) is 24.4 Å². The topological polar surface area (TPSA) is 26.7 Å². The van der Waals surface area contributed by atoms with E-state index in [9.17, 15) is 4.55 Å². The Balaban J connectivity index is 1.47. The van der Waals surface area contributed by atoms with Crippen LogP contribution in [0.25, 0.3) is 10.8 Å². The van der Waals surface area contributed by atoms with E-state index in [2.05, 4.69) is 83.7 Å². The van der Waals surface area contributed by atoms with Gasteiger partial charge < -0.3 is 4.90 Å². The average Bonchev–Trinajstić information content (AvgIpc) is 2.80. The van der Waals surface area contributed by atoms with Crippen molar-refractivity contribution >= 4 is 22.1 Å². The van der Waals surface area contributed by atoms with Crippen LogP contribution in [0.1, 0.15) is 48.8 Å². The molecule has 0 aliphatic carbocycles. The lowest BCUT2D eigenvalue weighted by molar-refractivity contribution is 0.222. The number of hydrogen-bond donors (Lipinski definition) is 1. The molecule has 1 N–H and O–H groups in total. The van der Waals surface area contributed by atoms with Gasteiger partial charge in [0.1, 0.15) is 0 Å². The molecular formula is C28H37N2OS+. The number of hydrogen-bond acceptors (Lipinski definition) is 3. The van der Waals surface area contributed by atoms with Crippen LogP contribution in [-0.4, -0.2) is 39.9 Å². The van der Waals surface area contributed by atoms with E-state index in [1.54, 1.807) is 0 Å². The lowest BCUT2D eigenvalue weighted by Gasteiger charge is -2.26. The molecule has 4 rings (SSSR count). The number of aryl methyl sites for hydroxylation is 2. The van der Waals surface area contributed by atoms with Crippen molar-refractivity contribution in [1.82, 2.24) is 9.21 Å². The summed E-state index contributed by atoms with van der Waals surface area (Å²) < 4.78 is 13.7. The summed E-state index contributed by atoms with van der Waals surface area (Å²) in [6.45, 7) is 9.70. The van der Waals surface area contributed by atoms with Gasteiger partial charge in [-0.05, 0) is 87.6 Å². The first-order chi connectivity index (χ1) is 15.6. The van der Waals surface area contributed by atoms with Gasteiger partial charge >= 0.3 is 0 Å². The van der Waals surface area contributed by atoms with Crippen LogP contribution in [0.5, 0.6) is 0 Å². The van der Waals surface area contributed by atoms with Crippen molar-refractivity contribution in [2.45, 2.75) is 57.4 Å². The summed E-state index contributed by atoms with van der Waals surface area (Å²) in [6.07, 6.45) is 6.39. The summed E-state index contributed by atoms with van der Waals surface area (Å²) >= 11 is -0.929. The Morgan fingerprint density at radius 3 is 2.31 bits per heavy atom. The number of benzene rings is 3. The second-order valence-corrected chi connectivity index (χ2v) is 10.8. The molecule has 0 radical (unpaired) electrons. The summed E-state index contributed by atoms with van der Waals surface area (Å²) in [5.41, 5.74) is 3.85. The van der Waals surface area contributed by atoms with Crippen LogP contribution in [0.2, 0.25) is 0 Å². The van der Waals surface area contributed by atoms with Crippen molar-refractivity contribution in [3.63, 3.8) is 0 Å². The number of nitrogens with zero attached hydrogens (tertiary/aromatic N) is 2. The first kappa shape index (κ1) is 23.3. The highest BCUT2D eigenvalue weighted by molar-refractivity contribution is 7.89. The highest BCUT2D eigenvalue weighted by Gasteiger charge is 2.30. The molecule has 0 spiro atoms. The zero-order valence-corrected chi connectivity index (χ0v) is 20.4. The lowest BCUT2D eigenvalue weighted by atomic mass is 10.1. The maximum Gasteiger partial charge on any atom is 0.278 e. The van der Waals surface area contributed by atoms with Crippen molar-refractivity contribution in [3.05, 3.63) is 77.4 Å². The minimum Gasteiger partial charge on any atom is -0.303 e. The van der Waals surface area contributed by atoms with E-state index in [-0.39, 0.29) is 0 Å². The number of unbranched alkanes of at least 4 members (excludes halogenated alkanes) is 1. The van der Waals surface area contributed by atoms with Crippen LogP contribution < -0.4 is 0 Å². The quantitative estimate of drug-likeness (QED) is 0.295.